The van der Waals surface area contributed by atoms with Gasteiger partial charge in [0.1, 0.15) is 60.9 Å². The monoisotopic (exact) mass is 2120 g/mol. The number of hydrogen-bond donors (Lipinski definition) is 9. The number of hydrogen-bond acceptors (Lipinski definition) is 22. The maximum atomic E-state index is 15.3. The molecular formula is C116H225N3O25P2. The molecule has 0 spiro atoms. The molecule has 0 bridgehead atoms. The number of nitrogens with one attached hydrogen (secondary N) is 2. The van der Waals surface area contributed by atoms with Gasteiger partial charge >= 0.3 is 39.5 Å². The number of esters is 4. The van der Waals surface area contributed by atoms with E-state index in [1.54, 1.807) is 0 Å². The highest BCUT2D eigenvalue weighted by Crippen LogP contribution is 2.45. The lowest BCUT2D eigenvalue weighted by molar-refractivity contribution is -0.298. The van der Waals surface area contributed by atoms with E-state index in [0.29, 0.717) is 57.8 Å². The van der Waals surface area contributed by atoms with Crippen molar-refractivity contribution in [2.45, 2.75) is 669 Å². The first-order valence-electron chi connectivity index (χ1n) is 60.8. The maximum Gasteiger partial charge on any atom is 0.472 e. The molecule has 0 saturated carbocycles. The Morgan fingerprint density at radius 3 is 0.856 bits per heavy atom. The number of carbonyl (C=O) groups is 6. The number of nitrogens with zero attached hydrogens (tertiary/aromatic N) is 1. The van der Waals surface area contributed by atoms with Crippen LogP contribution in [0.4, 0.5) is 0 Å². The Labute approximate surface area is 889 Å². The van der Waals surface area contributed by atoms with E-state index in [9.17, 15) is 63.2 Å². The third-order valence-electron chi connectivity index (χ3n) is 29.0. The number of phosphoric ester groups is 2. The van der Waals surface area contributed by atoms with Crippen LogP contribution >= 0.6 is 15.6 Å². The fraction of sp³-hybridized carbons (Fsp3) is 0.948. The molecule has 2 aliphatic heterocycles. The van der Waals surface area contributed by atoms with Crippen LogP contribution in [0.3, 0.4) is 0 Å². The quantitative estimate of drug-likeness (QED) is 0.0118. The Hall–Kier alpha value is -3.28. The van der Waals surface area contributed by atoms with Crippen LogP contribution in [-0.2, 0) is 84.8 Å². The van der Waals surface area contributed by atoms with Crippen molar-refractivity contribution in [1.82, 2.24) is 15.5 Å². The predicted molar refractivity (Wildman–Crippen MR) is 588 cm³/mol. The summed E-state index contributed by atoms with van der Waals surface area (Å²) < 4.78 is 88.4. The molecule has 2 rings (SSSR count). The van der Waals surface area contributed by atoms with Gasteiger partial charge in [-0.2, -0.15) is 0 Å². The number of aliphatic hydroxyl groups excluding tert-OH is 3. The third kappa shape index (κ3) is 80.5. The number of unbranched alkanes of at least 4 members (excludes halogenated alkanes) is 62. The summed E-state index contributed by atoms with van der Waals surface area (Å²) in [6, 6.07) is -3.63. The molecule has 30 heteroatoms. The lowest BCUT2D eigenvalue weighted by Crippen LogP contribution is -2.68. The van der Waals surface area contributed by atoms with E-state index < -0.39 is 170 Å². The topological polar surface area (TPSA) is 398 Å². The molecule has 0 aromatic carbocycles. The Kier molecular flexibility index (Phi) is 93.9. The number of rotatable bonds is 103. The van der Waals surface area contributed by atoms with E-state index in [4.69, 9.17) is 46.9 Å². The molecule has 0 aliphatic carbocycles. The molecule has 2 amide bonds. The van der Waals surface area contributed by atoms with Crippen LogP contribution in [0, 0.1) is 0 Å². The molecule has 28 nitrogen and oxygen atoms in total. The lowest BCUT2D eigenvalue weighted by atomic mass is 9.95. The van der Waals surface area contributed by atoms with E-state index >= 15 is 9.59 Å². The summed E-state index contributed by atoms with van der Waals surface area (Å²) in [7, 11) is -11.3. The number of carbonyl (C=O) groups excluding carboxylic acids is 6. The number of amides is 2. The van der Waals surface area contributed by atoms with Crippen molar-refractivity contribution < 1.29 is 120 Å². The highest BCUT2D eigenvalue weighted by Gasteiger charge is 2.55. The van der Waals surface area contributed by atoms with Crippen LogP contribution in [-0.4, -0.2) is 201 Å². The molecule has 2 fully saturated rings. The van der Waals surface area contributed by atoms with Gasteiger partial charge in [0.05, 0.1) is 38.6 Å². The zero-order valence-corrected chi connectivity index (χ0v) is 96.5. The van der Waals surface area contributed by atoms with Crippen molar-refractivity contribution in [1.29, 1.82) is 0 Å². The van der Waals surface area contributed by atoms with Crippen LogP contribution in [0.1, 0.15) is 583 Å². The van der Waals surface area contributed by atoms with Crippen LogP contribution in [0.2, 0.25) is 0 Å². The predicted octanol–water partition coefficient (Wildman–Crippen LogP) is 28.5. The first kappa shape index (κ1) is 141. The summed E-state index contributed by atoms with van der Waals surface area (Å²) in [5.41, 5.74) is 0. The summed E-state index contributed by atoms with van der Waals surface area (Å²) in [5, 5.41) is 41.4. The van der Waals surface area contributed by atoms with Crippen LogP contribution < -0.4 is 10.6 Å². The van der Waals surface area contributed by atoms with Crippen molar-refractivity contribution >= 4 is 51.3 Å². The van der Waals surface area contributed by atoms with Gasteiger partial charge in [-0.1, -0.05) is 474 Å². The van der Waals surface area contributed by atoms with Gasteiger partial charge in [0.15, 0.2) is 18.7 Å². The Bertz CT molecular complexity index is 3110. The Morgan fingerprint density at radius 1 is 0.308 bits per heavy atom. The second-order valence-electron chi connectivity index (χ2n) is 42.6. The molecule has 0 aromatic rings. The van der Waals surface area contributed by atoms with Crippen molar-refractivity contribution in [3.8, 4) is 0 Å². The fourth-order valence-electron chi connectivity index (χ4n) is 19.9. The highest BCUT2D eigenvalue weighted by atomic mass is 31.2. The van der Waals surface area contributed by atoms with Gasteiger partial charge in [-0.05, 0) is 90.3 Å². The summed E-state index contributed by atoms with van der Waals surface area (Å²) >= 11 is 0. The molecule has 2 aliphatic rings. The average molecular weight is 2120 g/mol. The Morgan fingerprint density at radius 2 is 0.575 bits per heavy atom. The van der Waals surface area contributed by atoms with Gasteiger partial charge in [0.25, 0.3) is 0 Å². The van der Waals surface area contributed by atoms with Crippen molar-refractivity contribution in [3.63, 3.8) is 0 Å². The number of aliphatic hydroxyl groups is 3. The largest absolute Gasteiger partial charge is 0.472 e. The molecule has 864 valence electrons. The fourth-order valence-corrected chi connectivity index (χ4v) is 20.9. The van der Waals surface area contributed by atoms with E-state index in [-0.39, 0.29) is 45.1 Å². The van der Waals surface area contributed by atoms with Crippen molar-refractivity contribution in [2.24, 2.45) is 0 Å². The first-order valence-corrected chi connectivity index (χ1v) is 63.8. The van der Waals surface area contributed by atoms with Gasteiger partial charge < -0.3 is 88.3 Å². The molecular weight excluding hydrogens is 1900 g/mol. The highest BCUT2D eigenvalue weighted by molar-refractivity contribution is 7.46. The van der Waals surface area contributed by atoms with Crippen molar-refractivity contribution in [3.05, 3.63) is 0 Å². The van der Waals surface area contributed by atoms with E-state index in [2.05, 4.69) is 84.8 Å². The molecule has 2 saturated heterocycles. The maximum absolute atomic E-state index is 15.3. The van der Waals surface area contributed by atoms with E-state index in [0.717, 1.165) is 270 Å². The van der Waals surface area contributed by atoms with E-state index in [1.807, 2.05) is 0 Å². The zero-order valence-electron chi connectivity index (χ0n) is 94.7. The summed E-state index contributed by atoms with van der Waals surface area (Å²) in [6.07, 6.45) is 52.6. The minimum atomic E-state index is -5.68. The summed E-state index contributed by atoms with van der Waals surface area (Å²) in [5.74, 6) is -4.16. The number of phosphoric acid groups is 2. The molecule has 9 N–H and O–H groups in total. The van der Waals surface area contributed by atoms with Gasteiger partial charge in [-0.25, -0.2) is 9.13 Å². The van der Waals surface area contributed by atoms with Crippen LogP contribution in [0.5, 0.6) is 0 Å². The molecule has 10 unspecified atom stereocenters. The van der Waals surface area contributed by atoms with Crippen LogP contribution in [0.25, 0.3) is 0 Å². The minimum Gasteiger partial charge on any atom is -0.462 e. The first-order chi connectivity index (χ1) is 70.7. The molecule has 14 atom stereocenters. The van der Waals surface area contributed by atoms with Gasteiger partial charge in [0.2, 0.25) is 11.8 Å². The summed E-state index contributed by atoms with van der Waals surface area (Å²) in [6.45, 7) is 23.2. The normalized spacial score (nSPS) is 19.0. The molecule has 146 heavy (non-hydrogen) atoms. The lowest BCUT2D eigenvalue weighted by Gasteiger charge is -2.47. The molecule has 2 heterocycles. The average Bonchev–Trinajstić information content (AvgIpc) is 0.766. The van der Waals surface area contributed by atoms with Gasteiger partial charge in [-0.3, -0.25) is 37.8 Å². The minimum absolute atomic E-state index is 0.0151. The van der Waals surface area contributed by atoms with Crippen LogP contribution in [0.15, 0.2) is 0 Å². The summed E-state index contributed by atoms with van der Waals surface area (Å²) in [4.78, 5) is 133. The van der Waals surface area contributed by atoms with E-state index in [1.165, 1.54) is 148 Å². The molecule has 0 aromatic heterocycles. The van der Waals surface area contributed by atoms with Crippen molar-refractivity contribution in [2.75, 3.05) is 39.5 Å². The van der Waals surface area contributed by atoms with Gasteiger partial charge in [-0.15, -0.1) is 0 Å². The standard InChI is InChI=1S/C110H210N2O25P2.C6H15N/c1-8-15-22-29-36-43-45-46-48-55-62-68-75-82-99(117)130-92(78-71-64-57-50-39-32-25-18-11-4)86-97(115)111-103-107(128-85-84-91(114)77-70-63-56-49-38-31-24-17-10-3)105(121)96(134-110(103)137-139(125,126)127)90-129-109-104(112-98(116)87-93(79-72-65-58-51-40-33-26-19-12-5)131-100(118)81-74-67-60-53-42-35-28-21-14-7)108(106(95(89-113)133-109)136-138(122,123)124)135-102(120)88-94(80-73-66-59-52-41-34-27-20-13-6)132-101(119)83-76-69-61-54-47-44-37-30-23-16-9-2;1-4-7(5-2)6-3/h91-96,103-110,113-114,121H,8-90H2,1-7H3,(H,111,115)(H,112,116)(H2,122,123,124)(H2,125,126,127);4-6H2,1-3H3/t91-,92+,93+,94+,95?,96?,103?,104?,105?,106?,107?,108?,109?,110?;/m0./s1. The second kappa shape index (κ2) is 97.4. The SMILES string of the molecule is CCCCCCCCCCCCCCCC(=O)O[C@H](CCCCCCCCCCC)CC(=O)NC1C(OP(=O)(O)O)OC(COC2OC(CO)C(OP(=O)(O)O)C(OC(=O)C[C@@H](CCCCCCCCCCC)OC(=O)CCCCCCCCCCCCC)C2NC(=O)C[C@@H](CCCCCCCCCCC)OC(=O)CCCCCCCCCCC)C(O)C1OCC[C@@H](O)CCCCCCCCCCC.CCN(CC)CC. The van der Waals surface area contributed by atoms with Gasteiger partial charge in [0, 0.05) is 25.9 Å². The number of ether oxygens (including phenoxy) is 8. The molecule has 0 radical (unpaired) electrons. The Balaban J connectivity index is 0.0000146. The smallest absolute Gasteiger partial charge is 0.462 e. The third-order valence-corrected chi connectivity index (χ3v) is 30.0. The second-order valence-corrected chi connectivity index (χ2v) is 44.9. The zero-order chi connectivity index (χ0) is 107.